The number of rotatable bonds is 5. The molecule has 0 saturated heterocycles. The number of benzene rings is 2. The van der Waals surface area contributed by atoms with Gasteiger partial charge in [0.15, 0.2) is 0 Å². The summed E-state index contributed by atoms with van der Waals surface area (Å²) in [6.07, 6.45) is -2.44. The Morgan fingerprint density at radius 2 is 1.72 bits per heavy atom. The van der Waals surface area contributed by atoms with Gasteiger partial charge in [-0.05, 0) is 43.7 Å². The molecular weight excluding hydrogens is 480 g/mol. The van der Waals surface area contributed by atoms with E-state index in [0.717, 1.165) is 29.9 Å². The van der Waals surface area contributed by atoms with Gasteiger partial charge in [-0.2, -0.15) is 13.2 Å². The highest BCUT2D eigenvalue weighted by Gasteiger charge is 2.38. The second kappa shape index (κ2) is 11.3. The number of imidazole rings is 1. The molecule has 0 bridgehead atoms. The molecular formula is C25H26F4N4O3. The molecule has 1 amide bonds. The van der Waals surface area contributed by atoms with Crippen molar-refractivity contribution in [2.24, 2.45) is 0 Å². The van der Waals surface area contributed by atoms with Crippen LogP contribution in [0.3, 0.4) is 0 Å². The fourth-order valence-electron chi connectivity index (χ4n) is 3.89. The van der Waals surface area contributed by atoms with Crippen molar-refractivity contribution in [2.75, 3.05) is 11.9 Å². The first-order chi connectivity index (χ1) is 17.0. The molecule has 0 spiro atoms. The Kier molecular flexibility index (Phi) is 8.46. The minimum atomic E-state index is -5.08. The minimum Gasteiger partial charge on any atom is -0.475 e. The number of aromatic nitrogens is 2. The molecule has 7 nitrogen and oxygen atoms in total. The zero-order valence-electron chi connectivity index (χ0n) is 19.7. The number of hydrogen-bond acceptors (Lipinski definition) is 4. The van der Waals surface area contributed by atoms with Crippen LogP contribution in [0.4, 0.5) is 23.2 Å². The summed E-state index contributed by atoms with van der Waals surface area (Å²) < 4.78 is 47.1. The Morgan fingerprint density at radius 1 is 1.11 bits per heavy atom. The van der Waals surface area contributed by atoms with E-state index >= 15 is 0 Å². The number of amides is 1. The van der Waals surface area contributed by atoms with Gasteiger partial charge in [-0.25, -0.2) is 14.2 Å². The van der Waals surface area contributed by atoms with Crippen LogP contribution in [0.25, 0.3) is 0 Å². The van der Waals surface area contributed by atoms with Crippen molar-refractivity contribution in [3.8, 4) is 0 Å². The standard InChI is InChI=1S/C23H25FN4O.C2HF3O2/c1-16(2)28-15-25-20-12-13-27(14-17-6-4-3-5-7-17)22(21(20)28)23(29)26-19-10-8-18(24)9-11-19;3-2(4,5)1(6)7/h3-11,15-16,22H,12-14H2,1-2H3,(H,26,29);(H,6,7). The summed E-state index contributed by atoms with van der Waals surface area (Å²) in [7, 11) is 0. The van der Waals surface area contributed by atoms with E-state index in [9.17, 15) is 22.4 Å². The molecule has 36 heavy (non-hydrogen) atoms. The van der Waals surface area contributed by atoms with Gasteiger partial charge in [-0.1, -0.05) is 30.3 Å². The lowest BCUT2D eigenvalue weighted by Gasteiger charge is -2.36. The number of carboxylic acids is 1. The Bertz CT molecular complexity index is 1180. The van der Waals surface area contributed by atoms with Gasteiger partial charge in [-0.15, -0.1) is 0 Å². The summed E-state index contributed by atoms with van der Waals surface area (Å²) >= 11 is 0. The third kappa shape index (κ3) is 6.69. The van der Waals surface area contributed by atoms with Gasteiger partial charge in [0.05, 0.1) is 17.7 Å². The summed E-state index contributed by atoms with van der Waals surface area (Å²) in [5, 5.41) is 10.1. The van der Waals surface area contributed by atoms with Crippen LogP contribution in [0.1, 0.15) is 42.9 Å². The smallest absolute Gasteiger partial charge is 0.475 e. The van der Waals surface area contributed by atoms with E-state index in [4.69, 9.17) is 9.90 Å². The highest BCUT2D eigenvalue weighted by Crippen LogP contribution is 2.33. The summed E-state index contributed by atoms with van der Waals surface area (Å²) in [6.45, 7) is 5.60. The van der Waals surface area contributed by atoms with Crippen molar-refractivity contribution in [3.63, 3.8) is 0 Å². The molecule has 1 aromatic heterocycles. The molecule has 0 aliphatic carbocycles. The van der Waals surface area contributed by atoms with Crippen LogP contribution in [-0.4, -0.2) is 44.2 Å². The largest absolute Gasteiger partial charge is 0.490 e. The Balaban J connectivity index is 0.000000454. The van der Waals surface area contributed by atoms with E-state index in [1.165, 1.54) is 12.1 Å². The monoisotopic (exact) mass is 506 g/mol. The Morgan fingerprint density at radius 3 is 2.28 bits per heavy atom. The van der Waals surface area contributed by atoms with Crippen LogP contribution >= 0.6 is 0 Å². The third-order valence-electron chi connectivity index (χ3n) is 5.56. The molecule has 2 N–H and O–H groups in total. The molecule has 1 aliphatic heterocycles. The SMILES string of the molecule is CC(C)n1cnc2c1C(C(=O)Nc1ccc(F)cc1)N(Cc1ccccc1)CC2.O=C(O)C(F)(F)F. The van der Waals surface area contributed by atoms with Gasteiger partial charge < -0.3 is 15.0 Å². The molecule has 0 fully saturated rings. The van der Waals surface area contributed by atoms with E-state index in [-0.39, 0.29) is 17.8 Å². The number of aliphatic carboxylic acids is 1. The molecule has 11 heteroatoms. The Hall–Kier alpha value is -3.73. The highest BCUT2D eigenvalue weighted by atomic mass is 19.4. The lowest BCUT2D eigenvalue weighted by Crippen LogP contribution is -2.42. The topological polar surface area (TPSA) is 87.5 Å². The number of carboxylic acid groups (broad SMARTS) is 1. The van der Waals surface area contributed by atoms with E-state index in [0.29, 0.717) is 12.2 Å². The normalized spacial score (nSPS) is 15.6. The zero-order valence-corrected chi connectivity index (χ0v) is 19.7. The molecule has 2 aromatic carbocycles. The number of nitrogens with zero attached hydrogens (tertiary/aromatic N) is 3. The van der Waals surface area contributed by atoms with Crippen LogP contribution in [0, 0.1) is 5.82 Å². The molecule has 0 radical (unpaired) electrons. The quantitative estimate of drug-likeness (QED) is 0.477. The lowest BCUT2D eigenvalue weighted by atomic mass is 9.99. The summed E-state index contributed by atoms with van der Waals surface area (Å²) in [5.74, 6) is -3.21. The summed E-state index contributed by atoms with van der Waals surface area (Å²) in [5.41, 5.74) is 3.66. The van der Waals surface area contributed by atoms with E-state index in [1.54, 1.807) is 12.1 Å². The molecule has 4 rings (SSSR count). The second-order valence-corrected chi connectivity index (χ2v) is 8.49. The predicted molar refractivity (Wildman–Crippen MR) is 125 cm³/mol. The van der Waals surface area contributed by atoms with Crippen molar-refractivity contribution < 1.29 is 32.3 Å². The Labute approximate surface area is 205 Å². The summed E-state index contributed by atoms with van der Waals surface area (Å²) in [6, 6.07) is 15.8. The number of carbonyl (C=O) groups excluding carboxylic acids is 1. The van der Waals surface area contributed by atoms with Crippen molar-refractivity contribution in [3.05, 3.63) is 83.7 Å². The van der Waals surface area contributed by atoms with Gasteiger partial charge in [0, 0.05) is 31.2 Å². The van der Waals surface area contributed by atoms with Crippen molar-refractivity contribution in [2.45, 2.75) is 45.1 Å². The summed E-state index contributed by atoms with van der Waals surface area (Å²) in [4.78, 5) is 29.1. The zero-order chi connectivity index (χ0) is 26.5. The molecule has 2 heterocycles. The molecule has 0 saturated carbocycles. The van der Waals surface area contributed by atoms with Crippen LogP contribution in [0.5, 0.6) is 0 Å². The molecule has 1 atom stereocenters. The number of nitrogens with one attached hydrogen (secondary N) is 1. The van der Waals surface area contributed by atoms with Crippen molar-refractivity contribution in [1.82, 2.24) is 14.5 Å². The maximum atomic E-state index is 13.4. The molecule has 3 aromatic rings. The average molecular weight is 507 g/mol. The van der Waals surface area contributed by atoms with Crippen molar-refractivity contribution in [1.29, 1.82) is 0 Å². The number of fused-ring (bicyclic) bond motifs is 1. The van der Waals surface area contributed by atoms with Crippen LogP contribution in [-0.2, 0) is 22.6 Å². The van der Waals surface area contributed by atoms with Gasteiger partial charge in [0.2, 0.25) is 5.91 Å². The van der Waals surface area contributed by atoms with Gasteiger partial charge in [-0.3, -0.25) is 9.69 Å². The van der Waals surface area contributed by atoms with Crippen molar-refractivity contribution >= 4 is 17.6 Å². The maximum Gasteiger partial charge on any atom is 0.490 e. The number of halogens is 4. The molecule has 192 valence electrons. The number of alkyl halides is 3. The fourth-order valence-corrected chi connectivity index (χ4v) is 3.89. The van der Waals surface area contributed by atoms with Gasteiger partial charge in [0.1, 0.15) is 11.9 Å². The minimum absolute atomic E-state index is 0.129. The lowest BCUT2D eigenvalue weighted by molar-refractivity contribution is -0.192. The van der Waals surface area contributed by atoms with E-state index in [2.05, 4.69) is 45.7 Å². The highest BCUT2D eigenvalue weighted by molar-refractivity contribution is 5.95. The number of hydrogen-bond donors (Lipinski definition) is 2. The first kappa shape index (κ1) is 26.9. The second-order valence-electron chi connectivity index (χ2n) is 8.49. The van der Waals surface area contributed by atoms with E-state index in [1.807, 2.05) is 24.5 Å². The first-order valence-electron chi connectivity index (χ1n) is 11.2. The van der Waals surface area contributed by atoms with Crippen LogP contribution < -0.4 is 5.32 Å². The number of carbonyl (C=O) groups is 2. The fraction of sp³-hybridized carbons (Fsp3) is 0.320. The predicted octanol–water partition coefficient (Wildman–Crippen LogP) is 4.97. The average Bonchev–Trinajstić information content (AvgIpc) is 3.25. The maximum absolute atomic E-state index is 13.4. The number of anilines is 1. The van der Waals surface area contributed by atoms with Gasteiger partial charge in [0.25, 0.3) is 0 Å². The van der Waals surface area contributed by atoms with Gasteiger partial charge >= 0.3 is 12.1 Å². The molecule has 1 unspecified atom stereocenters. The van der Waals surface area contributed by atoms with Crippen LogP contribution in [0.2, 0.25) is 0 Å². The first-order valence-corrected chi connectivity index (χ1v) is 11.2. The van der Waals surface area contributed by atoms with E-state index < -0.39 is 18.2 Å². The third-order valence-corrected chi connectivity index (χ3v) is 5.56. The molecule has 1 aliphatic rings. The van der Waals surface area contributed by atoms with Crippen LogP contribution in [0.15, 0.2) is 60.9 Å².